The van der Waals surface area contributed by atoms with Crippen molar-refractivity contribution in [1.82, 2.24) is 10.6 Å². The Morgan fingerprint density at radius 3 is 2.67 bits per heavy atom. The van der Waals surface area contributed by atoms with E-state index < -0.39 is 0 Å². The monoisotopic (exact) mass is 252 g/mol. The van der Waals surface area contributed by atoms with Gasteiger partial charge >= 0.3 is 6.03 Å². The fourth-order valence-corrected chi connectivity index (χ4v) is 1.50. The summed E-state index contributed by atoms with van der Waals surface area (Å²) >= 11 is 0. The molecule has 0 saturated carbocycles. The predicted molar refractivity (Wildman–Crippen MR) is 69.1 cm³/mol. The summed E-state index contributed by atoms with van der Waals surface area (Å²) in [6.45, 7) is 3.93. The second kappa shape index (κ2) is 8.49. The highest BCUT2D eigenvalue weighted by molar-refractivity contribution is 5.73. The average Bonchev–Trinajstić information content (AvgIpc) is 2.41. The molecule has 0 saturated heterocycles. The standard InChI is InChI=1S/C13H20N2O3/c1-2-18-8-7-14-13(17)15-9-11-5-3-4-6-12(11)10-16/h3-6,16H,2,7-10H2,1H3,(H2,14,15,17). The van der Waals surface area contributed by atoms with Crippen LogP contribution >= 0.6 is 0 Å². The molecule has 1 aromatic carbocycles. The summed E-state index contributed by atoms with van der Waals surface area (Å²) in [6, 6.07) is 7.22. The number of rotatable bonds is 7. The molecule has 1 rings (SSSR count). The first kappa shape index (κ1) is 14.5. The van der Waals surface area contributed by atoms with Crippen molar-refractivity contribution >= 4 is 6.03 Å². The number of aliphatic hydroxyl groups is 1. The molecule has 0 aliphatic heterocycles. The van der Waals surface area contributed by atoms with Gasteiger partial charge in [0.2, 0.25) is 0 Å². The van der Waals surface area contributed by atoms with Crippen molar-refractivity contribution in [3.05, 3.63) is 35.4 Å². The van der Waals surface area contributed by atoms with E-state index in [1.807, 2.05) is 31.2 Å². The van der Waals surface area contributed by atoms with Gasteiger partial charge in [-0.25, -0.2) is 4.79 Å². The zero-order valence-corrected chi connectivity index (χ0v) is 10.6. The molecule has 100 valence electrons. The van der Waals surface area contributed by atoms with Crippen LogP contribution < -0.4 is 10.6 Å². The molecular formula is C13H20N2O3. The van der Waals surface area contributed by atoms with Crippen LogP contribution in [0.25, 0.3) is 0 Å². The Morgan fingerprint density at radius 1 is 1.28 bits per heavy atom. The Morgan fingerprint density at radius 2 is 2.00 bits per heavy atom. The molecule has 0 fully saturated rings. The average molecular weight is 252 g/mol. The van der Waals surface area contributed by atoms with Crippen molar-refractivity contribution in [3.8, 4) is 0 Å². The van der Waals surface area contributed by atoms with E-state index in [4.69, 9.17) is 9.84 Å². The Balaban J connectivity index is 2.29. The molecule has 0 bridgehead atoms. The van der Waals surface area contributed by atoms with Gasteiger partial charge in [-0.1, -0.05) is 24.3 Å². The highest BCUT2D eigenvalue weighted by atomic mass is 16.5. The Labute approximate surface area is 107 Å². The molecule has 0 aromatic heterocycles. The summed E-state index contributed by atoms with van der Waals surface area (Å²) < 4.78 is 5.11. The van der Waals surface area contributed by atoms with E-state index in [-0.39, 0.29) is 12.6 Å². The van der Waals surface area contributed by atoms with Crippen molar-refractivity contribution < 1.29 is 14.6 Å². The van der Waals surface area contributed by atoms with Crippen molar-refractivity contribution in [2.24, 2.45) is 0 Å². The van der Waals surface area contributed by atoms with E-state index in [0.717, 1.165) is 11.1 Å². The lowest BCUT2D eigenvalue weighted by Crippen LogP contribution is -2.37. The number of carbonyl (C=O) groups excluding carboxylic acids is 1. The van der Waals surface area contributed by atoms with E-state index in [1.165, 1.54) is 0 Å². The maximum Gasteiger partial charge on any atom is 0.315 e. The second-order valence-electron chi connectivity index (χ2n) is 3.73. The van der Waals surface area contributed by atoms with Crippen LogP contribution in [-0.4, -0.2) is 30.9 Å². The van der Waals surface area contributed by atoms with E-state index in [9.17, 15) is 4.79 Å². The topological polar surface area (TPSA) is 70.6 Å². The van der Waals surface area contributed by atoms with Crippen LogP contribution in [-0.2, 0) is 17.9 Å². The highest BCUT2D eigenvalue weighted by Gasteiger charge is 2.03. The first-order valence-electron chi connectivity index (χ1n) is 6.05. The Hall–Kier alpha value is -1.59. The van der Waals surface area contributed by atoms with E-state index in [2.05, 4.69) is 10.6 Å². The van der Waals surface area contributed by atoms with Gasteiger partial charge in [-0.15, -0.1) is 0 Å². The van der Waals surface area contributed by atoms with Gasteiger partial charge in [-0.3, -0.25) is 0 Å². The van der Waals surface area contributed by atoms with Crippen LogP contribution in [0, 0.1) is 0 Å². The third kappa shape index (κ3) is 5.16. The molecule has 0 spiro atoms. The van der Waals surface area contributed by atoms with E-state index in [0.29, 0.717) is 26.3 Å². The summed E-state index contributed by atoms with van der Waals surface area (Å²) in [4.78, 5) is 11.4. The fraction of sp³-hybridized carbons (Fsp3) is 0.462. The minimum Gasteiger partial charge on any atom is -0.392 e. The van der Waals surface area contributed by atoms with Gasteiger partial charge < -0.3 is 20.5 Å². The van der Waals surface area contributed by atoms with Crippen LogP contribution in [0.3, 0.4) is 0 Å². The van der Waals surface area contributed by atoms with Crippen molar-refractivity contribution in [1.29, 1.82) is 0 Å². The molecule has 18 heavy (non-hydrogen) atoms. The Bertz CT molecular complexity index is 369. The van der Waals surface area contributed by atoms with Gasteiger partial charge in [0.15, 0.2) is 0 Å². The quantitative estimate of drug-likeness (QED) is 0.634. The first-order valence-corrected chi connectivity index (χ1v) is 6.05. The minimum atomic E-state index is -0.234. The smallest absolute Gasteiger partial charge is 0.315 e. The fourth-order valence-electron chi connectivity index (χ4n) is 1.50. The lowest BCUT2D eigenvalue weighted by atomic mass is 10.1. The van der Waals surface area contributed by atoms with Crippen LogP contribution in [0.4, 0.5) is 4.79 Å². The van der Waals surface area contributed by atoms with Gasteiger partial charge in [-0.05, 0) is 18.1 Å². The number of carbonyl (C=O) groups is 1. The predicted octanol–water partition coefficient (Wildman–Crippen LogP) is 1.01. The second-order valence-corrected chi connectivity index (χ2v) is 3.73. The zero-order chi connectivity index (χ0) is 13.2. The number of urea groups is 1. The summed E-state index contributed by atoms with van der Waals surface area (Å²) in [7, 11) is 0. The number of benzene rings is 1. The van der Waals surface area contributed by atoms with Crippen molar-refractivity contribution in [2.75, 3.05) is 19.8 Å². The molecule has 3 N–H and O–H groups in total. The third-order valence-corrected chi connectivity index (χ3v) is 2.46. The SMILES string of the molecule is CCOCCNC(=O)NCc1ccccc1CO. The lowest BCUT2D eigenvalue weighted by Gasteiger charge is -2.10. The summed E-state index contributed by atoms with van der Waals surface area (Å²) in [6.07, 6.45) is 0. The molecule has 0 radical (unpaired) electrons. The van der Waals surface area contributed by atoms with E-state index in [1.54, 1.807) is 0 Å². The molecule has 1 aromatic rings. The highest BCUT2D eigenvalue weighted by Crippen LogP contribution is 2.07. The molecule has 5 heteroatoms. The number of hydrogen-bond donors (Lipinski definition) is 3. The third-order valence-electron chi connectivity index (χ3n) is 2.46. The molecule has 0 aliphatic carbocycles. The van der Waals surface area contributed by atoms with Crippen LogP contribution in [0.15, 0.2) is 24.3 Å². The Kier molecular flexibility index (Phi) is 6.83. The van der Waals surface area contributed by atoms with Crippen molar-refractivity contribution in [3.63, 3.8) is 0 Å². The van der Waals surface area contributed by atoms with Crippen LogP contribution in [0.1, 0.15) is 18.1 Å². The number of hydrogen-bond acceptors (Lipinski definition) is 3. The van der Waals surface area contributed by atoms with Crippen molar-refractivity contribution in [2.45, 2.75) is 20.1 Å². The summed E-state index contributed by atoms with van der Waals surface area (Å²) in [5, 5.41) is 14.6. The summed E-state index contributed by atoms with van der Waals surface area (Å²) in [5.74, 6) is 0. The minimum absolute atomic E-state index is 0.0240. The van der Waals surface area contributed by atoms with Crippen LogP contribution in [0.5, 0.6) is 0 Å². The molecule has 0 heterocycles. The molecule has 0 atom stereocenters. The molecule has 0 aliphatic rings. The van der Waals surface area contributed by atoms with Gasteiger partial charge in [0, 0.05) is 19.7 Å². The molecular weight excluding hydrogens is 232 g/mol. The van der Waals surface area contributed by atoms with Gasteiger partial charge in [0.1, 0.15) is 0 Å². The number of ether oxygens (including phenoxy) is 1. The zero-order valence-electron chi connectivity index (χ0n) is 10.6. The molecule has 0 unspecified atom stereocenters. The lowest BCUT2D eigenvalue weighted by molar-refractivity contribution is 0.149. The first-order chi connectivity index (χ1) is 8.77. The maximum atomic E-state index is 11.4. The summed E-state index contributed by atoms with van der Waals surface area (Å²) in [5.41, 5.74) is 1.74. The number of amides is 2. The largest absolute Gasteiger partial charge is 0.392 e. The van der Waals surface area contributed by atoms with Gasteiger partial charge in [0.25, 0.3) is 0 Å². The van der Waals surface area contributed by atoms with E-state index >= 15 is 0 Å². The van der Waals surface area contributed by atoms with Gasteiger partial charge in [-0.2, -0.15) is 0 Å². The normalized spacial score (nSPS) is 10.1. The molecule has 2 amide bonds. The van der Waals surface area contributed by atoms with Crippen LogP contribution in [0.2, 0.25) is 0 Å². The van der Waals surface area contributed by atoms with Gasteiger partial charge in [0.05, 0.1) is 13.2 Å². The number of nitrogens with one attached hydrogen (secondary N) is 2. The number of aliphatic hydroxyl groups excluding tert-OH is 1. The molecule has 5 nitrogen and oxygen atoms in total. The maximum absolute atomic E-state index is 11.4.